The highest BCUT2D eigenvalue weighted by Crippen LogP contribution is 2.20. The Bertz CT molecular complexity index is 572. The summed E-state index contributed by atoms with van der Waals surface area (Å²) in [6.07, 6.45) is 2.10. The van der Waals surface area contributed by atoms with E-state index < -0.39 is 0 Å². The Balaban J connectivity index is 2.83. The average Bonchev–Trinajstić information content (AvgIpc) is 2.54. The van der Waals surface area contributed by atoms with Crippen LogP contribution >= 0.6 is 0 Å². The molecule has 1 aromatic rings. The molecule has 0 N–H and O–H groups in total. The third-order valence-electron chi connectivity index (χ3n) is 3.58. The van der Waals surface area contributed by atoms with Gasteiger partial charge in [-0.1, -0.05) is 26.0 Å². The fourth-order valence-corrected chi connectivity index (χ4v) is 2.52. The first-order valence-corrected chi connectivity index (χ1v) is 8.10. The molecule has 0 saturated heterocycles. The van der Waals surface area contributed by atoms with Gasteiger partial charge in [0, 0.05) is 33.0 Å². The molecule has 1 rings (SSSR count). The Morgan fingerprint density at radius 1 is 1.09 bits per heavy atom. The molecule has 0 spiro atoms. The Morgan fingerprint density at radius 3 is 2.22 bits per heavy atom. The topological polar surface area (TPSA) is 64.4 Å². The van der Waals surface area contributed by atoms with Crippen molar-refractivity contribution in [1.29, 1.82) is 5.26 Å². The van der Waals surface area contributed by atoms with Gasteiger partial charge in [0.1, 0.15) is 6.07 Å². The monoisotopic (exact) mass is 315 g/mol. The van der Waals surface area contributed by atoms with Crippen LogP contribution in [0.4, 0.5) is 5.69 Å². The van der Waals surface area contributed by atoms with Gasteiger partial charge in [0.25, 0.3) is 0 Å². The lowest BCUT2D eigenvalue weighted by molar-refractivity contribution is -0.131. The van der Waals surface area contributed by atoms with Crippen LogP contribution in [0.3, 0.4) is 0 Å². The molecule has 5 nitrogen and oxygen atoms in total. The zero-order chi connectivity index (χ0) is 17.2. The van der Waals surface area contributed by atoms with E-state index in [0.29, 0.717) is 11.3 Å². The van der Waals surface area contributed by atoms with Gasteiger partial charge in [-0.05, 0) is 25.0 Å². The summed E-state index contributed by atoms with van der Waals surface area (Å²) in [6.45, 7) is 7.30. The van der Waals surface area contributed by atoms with Crippen LogP contribution in [0.15, 0.2) is 24.3 Å². The minimum Gasteiger partial charge on any atom is -0.343 e. The van der Waals surface area contributed by atoms with Crippen LogP contribution < -0.4 is 4.90 Å². The largest absolute Gasteiger partial charge is 0.343 e. The van der Waals surface area contributed by atoms with Gasteiger partial charge < -0.3 is 9.80 Å². The minimum atomic E-state index is -0.168. The summed E-state index contributed by atoms with van der Waals surface area (Å²) in [7, 11) is 0. The molecule has 124 valence electrons. The number of carbonyl (C=O) groups is 2. The molecule has 23 heavy (non-hydrogen) atoms. The number of nitriles is 1. The molecule has 0 saturated carbocycles. The summed E-state index contributed by atoms with van der Waals surface area (Å²) in [5, 5.41) is 9.19. The second kappa shape index (κ2) is 9.62. The van der Waals surface area contributed by atoms with Crippen molar-refractivity contribution < 1.29 is 9.59 Å². The Kier molecular flexibility index (Phi) is 7.82. The first kappa shape index (κ1) is 18.7. The summed E-state index contributed by atoms with van der Waals surface area (Å²) >= 11 is 0. The Hall–Kier alpha value is -2.35. The van der Waals surface area contributed by atoms with Crippen LogP contribution in [0.25, 0.3) is 0 Å². The summed E-state index contributed by atoms with van der Waals surface area (Å²) in [5.41, 5.74) is 1.00. The molecule has 0 radical (unpaired) electrons. The molecule has 0 fully saturated rings. The van der Waals surface area contributed by atoms with E-state index in [2.05, 4.69) is 6.07 Å². The van der Waals surface area contributed by atoms with Gasteiger partial charge in [0.2, 0.25) is 11.8 Å². The molecule has 1 aromatic carbocycles. The predicted octanol–water partition coefficient (Wildman–Crippen LogP) is 2.95. The lowest BCUT2D eigenvalue weighted by Gasteiger charge is -2.25. The van der Waals surface area contributed by atoms with Gasteiger partial charge in [-0.3, -0.25) is 9.59 Å². The maximum absolute atomic E-state index is 12.4. The predicted molar refractivity (Wildman–Crippen MR) is 91.0 cm³/mol. The first-order chi connectivity index (χ1) is 11.0. The van der Waals surface area contributed by atoms with Crippen LogP contribution in [-0.4, -0.2) is 36.3 Å². The van der Waals surface area contributed by atoms with E-state index in [4.69, 9.17) is 0 Å². The summed E-state index contributed by atoms with van der Waals surface area (Å²) in [6, 6.07) is 9.05. The van der Waals surface area contributed by atoms with Gasteiger partial charge >= 0.3 is 0 Å². The maximum atomic E-state index is 12.4. The Morgan fingerprint density at radius 2 is 1.70 bits per heavy atom. The number of anilines is 1. The number of nitrogens with zero attached hydrogens (tertiary/aromatic N) is 3. The van der Waals surface area contributed by atoms with E-state index in [1.807, 2.05) is 18.7 Å². The number of rotatable bonds is 8. The highest BCUT2D eigenvalue weighted by Gasteiger charge is 2.18. The number of benzene rings is 1. The van der Waals surface area contributed by atoms with E-state index in [9.17, 15) is 14.9 Å². The zero-order valence-electron chi connectivity index (χ0n) is 14.2. The van der Waals surface area contributed by atoms with Crippen LogP contribution in [0.5, 0.6) is 0 Å². The van der Waals surface area contributed by atoms with Crippen LogP contribution in [0.2, 0.25) is 0 Å². The maximum Gasteiger partial charge on any atom is 0.224 e. The van der Waals surface area contributed by atoms with Crippen molar-refractivity contribution in [2.75, 3.05) is 24.5 Å². The fraction of sp³-hybridized carbons (Fsp3) is 0.500. The standard InChI is InChI=1S/C18H25N3O2/c1-4-11-20(12-5-2)18(23)10-13-21(15(3)22)17-9-7-6-8-16(17)14-19/h6-9H,4-5,10-13H2,1-3H3. The van der Waals surface area contributed by atoms with Crippen LogP contribution in [0.1, 0.15) is 45.6 Å². The number of amides is 2. The second-order valence-electron chi connectivity index (χ2n) is 5.43. The van der Waals surface area contributed by atoms with Crippen molar-refractivity contribution in [2.45, 2.75) is 40.0 Å². The number of hydrogen-bond acceptors (Lipinski definition) is 3. The van der Waals surface area contributed by atoms with Gasteiger partial charge in [0.05, 0.1) is 11.3 Å². The van der Waals surface area contributed by atoms with E-state index in [1.165, 1.54) is 11.8 Å². The molecule has 5 heteroatoms. The van der Waals surface area contributed by atoms with Crippen molar-refractivity contribution in [3.63, 3.8) is 0 Å². The zero-order valence-corrected chi connectivity index (χ0v) is 14.2. The highest BCUT2D eigenvalue weighted by atomic mass is 16.2. The average molecular weight is 315 g/mol. The lowest BCUT2D eigenvalue weighted by atomic mass is 10.1. The third-order valence-corrected chi connectivity index (χ3v) is 3.58. The third kappa shape index (κ3) is 5.41. The molecule has 0 aromatic heterocycles. The molecule has 2 amide bonds. The van der Waals surface area contributed by atoms with Crippen molar-refractivity contribution in [1.82, 2.24) is 4.90 Å². The molecule has 0 atom stereocenters. The van der Waals surface area contributed by atoms with E-state index >= 15 is 0 Å². The van der Waals surface area contributed by atoms with Gasteiger partial charge in [-0.25, -0.2) is 0 Å². The Labute approximate surface area is 138 Å². The van der Waals surface area contributed by atoms with E-state index in [-0.39, 0.29) is 24.8 Å². The van der Waals surface area contributed by atoms with Crippen molar-refractivity contribution in [3.8, 4) is 6.07 Å². The van der Waals surface area contributed by atoms with Crippen LogP contribution in [-0.2, 0) is 9.59 Å². The molecule has 0 heterocycles. The smallest absolute Gasteiger partial charge is 0.224 e. The molecule has 0 aliphatic rings. The quantitative estimate of drug-likeness (QED) is 0.741. The van der Waals surface area contributed by atoms with Gasteiger partial charge in [0.15, 0.2) is 0 Å². The number of hydrogen-bond donors (Lipinski definition) is 0. The molecular formula is C18H25N3O2. The number of para-hydroxylation sites is 1. The molecular weight excluding hydrogens is 290 g/mol. The highest BCUT2D eigenvalue weighted by molar-refractivity contribution is 5.93. The second-order valence-corrected chi connectivity index (χ2v) is 5.43. The summed E-state index contributed by atoms with van der Waals surface area (Å²) < 4.78 is 0. The lowest BCUT2D eigenvalue weighted by Crippen LogP contribution is -2.37. The van der Waals surface area contributed by atoms with Crippen LogP contribution in [0, 0.1) is 11.3 Å². The fourth-order valence-electron chi connectivity index (χ4n) is 2.52. The normalized spacial score (nSPS) is 10.0. The SMILES string of the molecule is CCCN(CCC)C(=O)CCN(C(C)=O)c1ccccc1C#N. The van der Waals surface area contributed by atoms with E-state index in [0.717, 1.165) is 25.9 Å². The summed E-state index contributed by atoms with van der Waals surface area (Å²) in [4.78, 5) is 27.6. The molecule has 0 aliphatic carbocycles. The molecule has 0 aliphatic heterocycles. The van der Waals surface area contributed by atoms with Crippen molar-refractivity contribution in [2.24, 2.45) is 0 Å². The molecule has 0 bridgehead atoms. The summed E-state index contributed by atoms with van der Waals surface area (Å²) in [5.74, 6) is -0.118. The van der Waals surface area contributed by atoms with E-state index in [1.54, 1.807) is 24.3 Å². The number of carbonyl (C=O) groups excluding carboxylic acids is 2. The molecule has 0 unspecified atom stereocenters. The van der Waals surface area contributed by atoms with Crippen molar-refractivity contribution in [3.05, 3.63) is 29.8 Å². The first-order valence-electron chi connectivity index (χ1n) is 8.10. The minimum absolute atomic E-state index is 0.0504. The van der Waals surface area contributed by atoms with Crippen molar-refractivity contribution >= 4 is 17.5 Å². The van der Waals surface area contributed by atoms with Gasteiger partial charge in [-0.15, -0.1) is 0 Å². The van der Waals surface area contributed by atoms with Gasteiger partial charge in [-0.2, -0.15) is 5.26 Å².